The third-order valence-electron chi connectivity index (χ3n) is 1.29. The predicted octanol–water partition coefficient (Wildman–Crippen LogP) is 1.17. The highest BCUT2D eigenvalue weighted by Crippen LogP contribution is 2.17. The zero-order valence-electron chi connectivity index (χ0n) is 5.30. The lowest BCUT2D eigenvalue weighted by atomic mass is 10.4. The van der Waals surface area contributed by atoms with E-state index in [4.69, 9.17) is 16.0 Å². The molecule has 0 aromatic carbocycles. The topological polar surface area (TPSA) is 58.9 Å². The van der Waals surface area contributed by atoms with E-state index in [1.165, 1.54) is 12.4 Å². The van der Waals surface area contributed by atoms with Crippen LogP contribution in [0, 0.1) is 0 Å². The van der Waals surface area contributed by atoms with E-state index >= 15 is 0 Å². The molecule has 2 heterocycles. The van der Waals surface area contributed by atoms with E-state index in [0.29, 0.717) is 16.1 Å². The third-order valence-corrected chi connectivity index (χ3v) is 1.58. The molecule has 0 amide bonds. The molecule has 11 heavy (non-hydrogen) atoms. The Morgan fingerprint density at radius 2 is 2.36 bits per heavy atom. The number of hydrogen-bond donors (Lipinski definition) is 1. The summed E-state index contributed by atoms with van der Waals surface area (Å²) in [4.78, 5) is 16.8. The smallest absolute Gasteiger partial charge is 0.406 e. The number of hydrogen-bond acceptors (Lipinski definition) is 3. The Bertz CT molecular complexity index is 445. The van der Waals surface area contributed by atoms with E-state index in [2.05, 4.69) is 9.97 Å². The molecule has 0 radical (unpaired) electrons. The first kappa shape index (κ1) is 6.42. The van der Waals surface area contributed by atoms with Crippen LogP contribution in [0.1, 0.15) is 0 Å². The van der Waals surface area contributed by atoms with Crippen LogP contribution in [0.4, 0.5) is 0 Å². The Hall–Kier alpha value is -1.29. The van der Waals surface area contributed by atoms with E-state index in [-0.39, 0.29) is 0 Å². The van der Waals surface area contributed by atoms with Crippen molar-refractivity contribution in [2.45, 2.75) is 0 Å². The minimum Gasteiger partial charge on any atom is -0.406 e. The summed E-state index contributed by atoms with van der Waals surface area (Å²) in [6.45, 7) is 0. The lowest BCUT2D eigenvalue weighted by Crippen LogP contribution is -1.93. The Labute approximate surface area is 65.8 Å². The van der Waals surface area contributed by atoms with Crippen molar-refractivity contribution in [3.8, 4) is 0 Å². The van der Waals surface area contributed by atoms with Crippen molar-refractivity contribution >= 4 is 22.7 Å². The number of fused-ring (bicyclic) bond motifs is 1. The summed E-state index contributed by atoms with van der Waals surface area (Å²) in [5.41, 5.74) is 0.870. The molecule has 0 spiro atoms. The van der Waals surface area contributed by atoms with Gasteiger partial charge in [0, 0.05) is 6.20 Å². The molecule has 0 aliphatic heterocycles. The van der Waals surface area contributed by atoms with Gasteiger partial charge in [0.15, 0.2) is 5.58 Å². The van der Waals surface area contributed by atoms with Gasteiger partial charge in [0.05, 0.1) is 11.2 Å². The van der Waals surface area contributed by atoms with Gasteiger partial charge in [-0.15, -0.1) is 0 Å². The summed E-state index contributed by atoms with van der Waals surface area (Å²) in [6, 6.07) is 0. The summed E-state index contributed by atoms with van der Waals surface area (Å²) >= 11 is 5.68. The van der Waals surface area contributed by atoms with Crippen LogP contribution in [-0.2, 0) is 0 Å². The van der Waals surface area contributed by atoms with Crippen LogP contribution < -0.4 is 5.76 Å². The quantitative estimate of drug-likeness (QED) is 0.646. The van der Waals surface area contributed by atoms with Crippen molar-refractivity contribution in [3.05, 3.63) is 28.0 Å². The van der Waals surface area contributed by atoms with E-state index in [1.807, 2.05) is 0 Å². The molecule has 0 fully saturated rings. The molecule has 2 rings (SSSR count). The molecule has 0 aliphatic carbocycles. The maximum Gasteiger partial charge on any atom is 0.417 e. The molecule has 0 aliphatic rings. The van der Waals surface area contributed by atoms with E-state index < -0.39 is 5.76 Å². The lowest BCUT2D eigenvalue weighted by Gasteiger charge is -1.86. The summed E-state index contributed by atoms with van der Waals surface area (Å²) in [5, 5.41) is 0.383. The van der Waals surface area contributed by atoms with E-state index in [9.17, 15) is 4.79 Å². The van der Waals surface area contributed by atoms with Crippen LogP contribution in [0.25, 0.3) is 11.1 Å². The van der Waals surface area contributed by atoms with Gasteiger partial charge in [-0.2, -0.15) is 0 Å². The highest BCUT2D eigenvalue weighted by molar-refractivity contribution is 6.34. The molecule has 0 saturated heterocycles. The van der Waals surface area contributed by atoms with Crippen LogP contribution in [0.15, 0.2) is 21.6 Å². The first-order valence-electron chi connectivity index (χ1n) is 2.90. The fraction of sp³-hybridized carbons (Fsp3) is 0. The van der Waals surface area contributed by atoms with Gasteiger partial charge in [-0.1, -0.05) is 11.6 Å². The summed E-state index contributed by atoms with van der Waals surface area (Å²) in [6.07, 6.45) is 2.87. The first-order chi connectivity index (χ1) is 5.27. The molecule has 2 aromatic heterocycles. The minimum absolute atomic E-state index is 0.377. The molecule has 0 atom stereocenters. The number of nitrogens with zero attached hydrogens (tertiary/aromatic N) is 1. The fourth-order valence-corrected chi connectivity index (χ4v) is 1.04. The van der Waals surface area contributed by atoms with Crippen LogP contribution >= 0.6 is 11.6 Å². The van der Waals surface area contributed by atoms with Crippen molar-refractivity contribution in [1.29, 1.82) is 0 Å². The summed E-state index contributed by atoms with van der Waals surface area (Å²) in [7, 11) is 0. The average molecular weight is 171 g/mol. The van der Waals surface area contributed by atoms with Gasteiger partial charge < -0.3 is 4.42 Å². The maximum absolute atomic E-state index is 10.6. The number of nitrogens with one attached hydrogen (secondary N) is 1. The Balaban J connectivity index is 3.01. The van der Waals surface area contributed by atoms with Crippen molar-refractivity contribution in [1.82, 2.24) is 9.97 Å². The second-order valence-corrected chi connectivity index (χ2v) is 2.42. The van der Waals surface area contributed by atoms with Gasteiger partial charge in [0.25, 0.3) is 0 Å². The fourth-order valence-electron chi connectivity index (χ4n) is 0.843. The number of oxazole rings is 1. The van der Waals surface area contributed by atoms with Crippen LogP contribution in [-0.4, -0.2) is 9.97 Å². The molecular formula is C6H3ClN2O2. The molecule has 5 heteroatoms. The molecule has 0 unspecified atom stereocenters. The van der Waals surface area contributed by atoms with Crippen molar-refractivity contribution in [2.75, 3.05) is 0 Å². The molecule has 0 bridgehead atoms. The third kappa shape index (κ3) is 0.914. The molecule has 2 aromatic rings. The Kier molecular flexibility index (Phi) is 1.22. The van der Waals surface area contributed by atoms with Gasteiger partial charge in [-0.3, -0.25) is 9.97 Å². The van der Waals surface area contributed by atoms with Crippen molar-refractivity contribution in [2.24, 2.45) is 0 Å². The summed E-state index contributed by atoms with van der Waals surface area (Å²) < 4.78 is 4.69. The second-order valence-electron chi connectivity index (χ2n) is 2.01. The number of aromatic amines is 1. The number of H-pyrrole nitrogens is 1. The number of rotatable bonds is 0. The van der Waals surface area contributed by atoms with E-state index in [1.54, 1.807) is 0 Å². The van der Waals surface area contributed by atoms with Crippen molar-refractivity contribution in [3.63, 3.8) is 0 Å². The zero-order valence-corrected chi connectivity index (χ0v) is 6.05. The second kappa shape index (κ2) is 2.10. The van der Waals surface area contributed by atoms with Gasteiger partial charge in [-0.25, -0.2) is 4.79 Å². The average Bonchev–Trinajstić information content (AvgIpc) is 2.31. The van der Waals surface area contributed by atoms with Gasteiger partial charge in [0.2, 0.25) is 0 Å². The first-order valence-corrected chi connectivity index (χ1v) is 3.27. The number of halogens is 1. The Morgan fingerprint density at radius 1 is 1.55 bits per heavy atom. The maximum atomic E-state index is 10.6. The highest BCUT2D eigenvalue weighted by Gasteiger charge is 2.03. The molecule has 0 saturated carbocycles. The highest BCUT2D eigenvalue weighted by atomic mass is 35.5. The summed E-state index contributed by atoms with van der Waals surface area (Å²) in [5.74, 6) is -0.519. The Morgan fingerprint density at radius 3 is 3.09 bits per heavy atom. The number of pyridine rings is 1. The van der Waals surface area contributed by atoms with Gasteiger partial charge >= 0.3 is 5.76 Å². The lowest BCUT2D eigenvalue weighted by molar-refractivity contribution is 0.554. The van der Waals surface area contributed by atoms with Crippen LogP contribution in [0.2, 0.25) is 5.02 Å². The zero-order chi connectivity index (χ0) is 7.84. The normalized spacial score (nSPS) is 10.6. The largest absolute Gasteiger partial charge is 0.417 e. The SMILES string of the molecule is O=c1[nH]c2c(Cl)cncc2o1. The standard InChI is InChI=1S/C6H3ClN2O2/c7-3-1-8-2-4-5(3)9-6(10)11-4/h1-2H,(H,9,10). The molecular weight excluding hydrogens is 168 g/mol. The van der Waals surface area contributed by atoms with Gasteiger partial charge in [-0.05, 0) is 0 Å². The van der Waals surface area contributed by atoms with Crippen molar-refractivity contribution < 1.29 is 4.42 Å². The van der Waals surface area contributed by atoms with Crippen LogP contribution in [0.5, 0.6) is 0 Å². The van der Waals surface area contributed by atoms with Gasteiger partial charge in [0.1, 0.15) is 5.52 Å². The predicted molar refractivity (Wildman–Crippen MR) is 39.6 cm³/mol. The number of aromatic nitrogens is 2. The molecule has 1 N–H and O–H groups in total. The minimum atomic E-state index is -0.519. The van der Waals surface area contributed by atoms with Crippen LogP contribution in [0.3, 0.4) is 0 Å². The monoisotopic (exact) mass is 170 g/mol. The molecule has 4 nitrogen and oxygen atoms in total. The van der Waals surface area contributed by atoms with E-state index in [0.717, 1.165) is 0 Å². The molecule has 56 valence electrons.